The first-order valence-corrected chi connectivity index (χ1v) is 8.37. The van der Waals surface area contributed by atoms with Crippen molar-refractivity contribution in [2.75, 3.05) is 26.2 Å². The minimum absolute atomic E-state index is 0.171. The van der Waals surface area contributed by atoms with E-state index in [1.165, 1.54) is 19.3 Å². The highest BCUT2D eigenvalue weighted by atomic mass is 16.3. The van der Waals surface area contributed by atoms with Gasteiger partial charge in [0.25, 0.3) is 0 Å². The predicted octanol–water partition coefficient (Wildman–Crippen LogP) is 2.88. The zero-order valence-electron chi connectivity index (χ0n) is 14.5. The standard InChI is InChI=1S/C17H36N2O/c1-7-17(8-2,12-18-16(4,5)6)13-19-10-9-14(3)15(19)11-20/h14-15,18,20H,7-13H2,1-6H3. The van der Waals surface area contributed by atoms with Crippen LogP contribution < -0.4 is 5.32 Å². The fraction of sp³-hybridized carbons (Fsp3) is 1.00. The number of hydrogen-bond donors (Lipinski definition) is 2. The number of nitrogens with one attached hydrogen (secondary N) is 1. The number of hydrogen-bond acceptors (Lipinski definition) is 3. The van der Waals surface area contributed by atoms with E-state index < -0.39 is 0 Å². The lowest BCUT2D eigenvalue weighted by Gasteiger charge is -2.40. The van der Waals surface area contributed by atoms with Crippen molar-refractivity contribution < 1.29 is 5.11 Å². The molecule has 0 aliphatic carbocycles. The van der Waals surface area contributed by atoms with Gasteiger partial charge in [0.05, 0.1) is 6.61 Å². The molecule has 1 rings (SSSR count). The van der Waals surface area contributed by atoms with Gasteiger partial charge < -0.3 is 10.4 Å². The van der Waals surface area contributed by atoms with Crippen molar-refractivity contribution in [3.05, 3.63) is 0 Å². The Morgan fingerprint density at radius 3 is 2.25 bits per heavy atom. The lowest BCUT2D eigenvalue weighted by atomic mass is 9.80. The van der Waals surface area contributed by atoms with Crippen LogP contribution in [0.5, 0.6) is 0 Å². The maximum Gasteiger partial charge on any atom is 0.0589 e. The number of aliphatic hydroxyl groups excluding tert-OH is 1. The van der Waals surface area contributed by atoms with Crippen molar-refractivity contribution >= 4 is 0 Å². The first kappa shape index (κ1) is 17.9. The van der Waals surface area contributed by atoms with Crippen LogP contribution in [0.1, 0.15) is 60.8 Å². The van der Waals surface area contributed by atoms with E-state index >= 15 is 0 Å². The molecule has 2 unspecified atom stereocenters. The van der Waals surface area contributed by atoms with Crippen LogP contribution in [0.2, 0.25) is 0 Å². The van der Waals surface area contributed by atoms with Crippen LogP contribution in [0.25, 0.3) is 0 Å². The molecule has 1 heterocycles. The predicted molar refractivity (Wildman–Crippen MR) is 87.0 cm³/mol. The highest BCUT2D eigenvalue weighted by Gasteiger charge is 2.37. The van der Waals surface area contributed by atoms with Crippen LogP contribution in [0.4, 0.5) is 0 Å². The van der Waals surface area contributed by atoms with E-state index in [1.54, 1.807) is 0 Å². The number of likely N-dealkylation sites (tertiary alicyclic amines) is 1. The van der Waals surface area contributed by atoms with Crippen LogP contribution in [0.15, 0.2) is 0 Å². The summed E-state index contributed by atoms with van der Waals surface area (Å²) in [5.74, 6) is 0.627. The van der Waals surface area contributed by atoms with E-state index in [0.29, 0.717) is 24.0 Å². The molecule has 1 saturated heterocycles. The van der Waals surface area contributed by atoms with E-state index in [0.717, 1.165) is 19.6 Å². The Kier molecular flexibility index (Phi) is 6.49. The van der Waals surface area contributed by atoms with Gasteiger partial charge in [-0.05, 0) is 57.9 Å². The van der Waals surface area contributed by atoms with E-state index in [1.807, 2.05) is 0 Å². The molecule has 0 saturated carbocycles. The van der Waals surface area contributed by atoms with Crippen LogP contribution >= 0.6 is 0 Å². The Morgan fingerprint density at radius 2 is 1.80 bits per heavy atom. The van der Waals surface area contributed by atoms with Crippen LogP contribution in [-0.2, 0) is 0 Å². The Morgan fingerprint density at radius 1 is 1.20 bits per heavy atom. The van der Waals surface area contributed by atoms with Gasteiger partial charge in [-0.2, -0.15) is 0 Å². The molecule has 3 heteroatoms. The Hall–Kier alpha value is -0.120. The molecule has 1 aliphatic heterocycles. The maximum absolute atomic E-state index is 9.65. The van der Waals surface area contributed by atoms with Gasteiger partial charge in [-0.3, -0.25) is 4.90 Å². The normalized spacial score (nSPS) is 25.4. The summed E-state index contributed by atoms with van der Waals surface area (Å²) in [5.41, 5.74) is 0.495. The Bertz CT molecular complexity index is 281. The first-order valence-electron chi connectivity index (χ1n) is 8.37. The quantitative estimate of drug-likeness (QED) is 0.754. The average molecular weight is 284 g/mol. The molecule has 1 fully saturated rings. The van der Waals surface area contributed by atoms with Crippen LogP contribution in [0, 0.1) is 11.3 Å². The van der Waals surface area contributed by atoms with Crippen molar-refractivity contribution in [2.24, 2.45) is 11.3 Å². The average Bonchev–Trinajstić information content (AvgIpc) is 2.74. The lowest BCUT2D eigenvalue weighted by molar-refractivity contribution is 0.0791. The van der Waals surface area contributed by atoms with E-state index in [2.05, 4.69) is 51.8 Å². The number of rotatable bonds is 7. The third-order valence-corrected chi connectivity index (χ3v) is 5.22. The molecule has 3 nitrogen and oxygen atoms in total. The van der Waals surface area contributed by atoms with Crippen LogP contribution in [0.3, 0.4) is 0 Å². The molecular formula is C17H36N2O. The molecule has 0 bridgehead atoms. The second kappa shape index (κ2) is 7.24. The van der Waals surface area contributed by atoms with Gasteiger partial charge in [0.1, 0.15) is 0 Å². The fourth-order valence-corrected chi connectivity index (χ4v) is 3.24. The summed E-state index contributed by atoms with van der Waals surface area (Å²) >= 11 is 0. The minimum Gasteiger partial charge on any atom is -0.395 e. The summed E-state index contributed by atoms with van der Waals surface area (Å²) in [7, 11) is 0. The largest absolute Gasteiger partial charge is 0.395 e. The zero-order chi connectivity index (χ0) is 15.4. The molecule has 0 radical (unpaired) electrons. The van der Waals surface area contributed by atoms with Crippen molar-refractivity contribution in [1.29, 1.82) is 0 Å². The maximum atomic E-state index is 9.65. The molecule has 2 N–H and O–H groups in total. The molecule has 2 atom stereocenters. The summed E-state index contributed by atoms with van der Waals surface area (Å²) < 4.78 is 0. The van der Waals surface area contributed by atoms with Gasteiger partial charge in [-0.25, -0.2) is 0 Å². The molecule has 120 valence electrons. The highest BCUT2D eigenvalue weighted by molar-refractivity contribution is 4.91. The van der Waals surface area contributed by atoms with Crippen LogP contribution in [-0.4, -0.2) is 47.8 Å². The number of nitrogens with zero attached hydrogens (tertiary/aromatic N) is 1. The lowest BCUT2D eigenvalue weighted by Crippen LogP contribution is -2.50. The van der Waals surface area contributed by atoms with Gasteiger partial charge in [-0.15, -0.1) is 0 Å². The minimum atomic E-state index is 0.171. The monoisotopic (exact) mass is 284 g/mol. The summed E-state index contributed by atoms with van der Waals surface area (Å²) in [5, 5.41) is 13.3. The van der Waals surface area contributed by atoms with Gasteiger partial charge in [0, 0.05) is 24.7 Å². The summed E-state index contributed by atoms with van der Waals surface area (Å²) in [6, 6.07) is 0.363. The SMILES string of the molecule is CCC(CC)(CNC(C)(C)C)CN1CCC(C)C1CO. The molecule has 0 amide bonds. The van der Waals surface area contributed by atoms with Crippen molar-refractivity contribution in [2.45, 2.75) is 72.4 Å². The second-order valence-electron chi connectivity index (χ2n) is 7.80. The third kappa shape index (κ3) is 4.71. The summed E-state index contributed by atoms with van der Waals surface area (Å²) in [6.07, 6.45) is 3.60. The van der Waals surface area contributed by atoms with Gasteiger partial charge in [-0.1, -0.05) is 20.8 Å². The topological polar surface area (TPSA) is 35.5 Å². The van der Waals surface area contributed by atoms with Crippen molar-refractivity contribution in [3.8, 4) is 0 Å². The van der Waals surface area contributed by atoms with Gasteiger partial charge in [0.15, 0.2) is 0 Å². The van der Waals surface area contributed by atoms with Gasteiger partial charge in [0.2, 0.25) is 0 Å². The third-order valence-electron chi connectivity index (χ3n) is 5.22. The molecule has 1 aliphatic rings. The van der Waals surface area contributed by atoms with Crippen molar-refractivity contribution in [3.63, 3.8) is 0 Å². The van der Waals surface area contributed by atoms with Crippen molar-refractivity contribution in [1.82, 2.24) is 10.2 Å². The summed E-state index contributed by atoms with van der Waals surface area (Å²) in [6.45, 7) is 17.2. The Labute approximate surface area is 126 Å². The Balaban J connectivity index is 2.70. The van der Waals surface area contributed by atoms with E-state index in [4.69, 9.17) is 0 Å². The summed E-state index contributed by atoms with van der Waals surface area (Å²) in [4.78, 5) is 2.53. The van der Waals surface area contributed by atoms with E-state index in [-0.39, 0.29) is 5.54 Å². The smallest absolute Gasteiger partial charge is 0.0589 e. The molecule has 0 aromatic rings. The fourth-order valence-electron chi connectivity index (χ4n) is 3.24. The second-order valence-corrected chi connectivity index (χ2v) is 7.80. The zero-order valence-corrected chi connectivity index (χ0v) is 14.5. The molecule has 20 heavy (non-hydrogen) atoms. The molecule has 0 aromatic carbocycles. The van der Waals surface area contributed by atoms with E-state index in [9.17, 15) is 5.11 Å². The first-order chi connectivity index (χ1) is 9.27. The number of aliphatic hydroxyl groups is 1. The highest BCUT2D eigenvalue weighted by Crippen LogP contribution is 2.32. The molecule has 0 spiro atoms. The molecular weight excluding hydrogens is 248 g/mol. The molecule has 0 aromatic heterocycles. The van der Waals surface area contributed by atoms with Gasteiger partial charge >= 0.3 is 0 Å².